The largest absolute Gasteiger partial charge is 0.389 e. The number of aliphatic hydroxyl groups excluding tert-OH is 1. The van der Waals surface area contributed by atoms with Gasteiger partial charge in [0, 0.05) is 26.9 Å². The lowest BCUT2D eigenvalue weighted by molar-refractivity contribution is 0.0380. The van der Waals surface area contributed by atoms with Gasteiger partial charge < -0.3 is 14.7 Å². The van der Waals surface area contributed by atoms with Crippen molar-refractivity contribution in [2.75, 3.05) is 27.3 Å². The number of aromatic amines is 1. The average molecular weight is 213 g/mol. The monoisotopic (exact) mass is 213 g/mol. The van der Waals surface area contributed by atoms with Crippen molar-refractivity contribution in [3.63, 3.8) is 0 Å². The third kappa shape index (κ3) is 3.34. The number of H-pyrrole nitrogens is 1. The normalized spacial score (nSPS) is 12.5. The summed E-state index contributed by atoms with van der Waals surface area (Å²) >= 11 is 0. The smallest absolute Gasteiger partial charge is 0.256 e. The average Bonchev–Trinajstić information content (AvgIpc) is 2.69. The SMILES string of the molecule is COCC(O)CN(C)C(=O)c1cn[nH]c1. The predicted molar refractivity (Wildman–Crippen MR) is 53.4 cm³/mol. The van der Waals surface area contributed by atoms with Crippen LogP contribution in [-0.4, -0.2) is 59.5 Å². The first-order valence-corrected chi connectivity index (χ1v) is 4.56. The van der Waals surface area contributed by atoms with Gasteiger partial charge in [-0.05, 0) is 0 Å². The van der Waals surface area contributed by atoms with Crippen LogP contribution in [0.1, 0.15) is 10.4 Å². The number of aromatic nitrogens is 2. The number of nitrogens with zero attached hydrogens (tertiary/aromatic N) is 2. The van der Waals surface area contributed by atoms with Gasteiger partial charge in [0.05, 0.1) is 24.5 Å². The Morgan fingerprint density at radius 2 is 2.53 bits per heavy atom. The van der Waals surface area contributed by atoms with Crippen LogP contribution in [-0.2, 0) is 4.74 Å². The Labute approximate surface area is 87.8 Å². The number of hydrogen-bond donors (Lipinski definition) is 2. The van der Waals surface area contributed by atoms with Gasteiger partial charge in [-0.1, -0.05) is 0 Å². The number of ether oxygens (including phenoxy) is 1. The van der Waals surface area contributed by atoms with E-state index in [-0.39, 0.29) is 19.1 Å². The molecule has 0 radical (unpaired) electrons. The number of methoxy groups -OCH3 is 1. The van der Waals surface area contributed by atoms with Crippen molar-refractivity contribution in [3.8, 4) is 0 Å². The highest BCUT2D eigenvalue weighted by Gasteiger charge is 2.15. The van der Waals surface area contributed by atoms with E-state index in [9.17, 15) is 9.90 Å². The fourth-order valence-corrected chi connectivity index (χ4v) is 1.23. The molecule has 0 aliphatic heterocycles. The number of amides is 1. The third-order valence-corrected chi connectivity index (χ3v) is 1.94. The van der Waals surface area contributed by atoms with E-state index in [1.807, 2.05) is 0 Å². The second-order valence-electron chi connectivity index (χ2n) is 3.28. The van der Waals surface area contributed by atoms with E-state index in [0.717, 1.165) is 0 Å². The van der Waals surface area contributed by atoms with Gasteiger partial charge in [0.15, 0.2) is 0 Å². The maximum atomic E-state index is 11.7. The van der Waals surface area contributed by atoms with Gasteiger partial charge in [0.2, 0.25) is 0 Å². The number of hydrogen-bond acceptors (Lipinski definition) is 4. The Bertz CT molecular complexity index is 300. The number of aliphatic hydroxyl groups is 1. The van der Waals surface area contributed by atoms with Gasteiger partial charge in [0.1, 0.15) is 0 Å². The molecule has 0 saturated heterocycles. The molecule has 1 atom stereocenters. The number of rotatable bonds is 5. The molecule has 0 aliphatic rings. The van der Waals surface area contributed by atoms with E-state index in [1.54, 1.807) is 7.05 Å². The molecule has 1 heterocycles. The Balaban J connectivity index is 2.47. The first-order valence-electron chi connectivity index (χ1n) is 4.56. The van der Waals surface area contributed by atoms with Crippen molar-refractivity contribution in [2.24, 2.45) is 0 Å². The molecule has 84 valence electrons. The molecule has 2 N–H and O–H groups in total. The van der Waals surface area contributed by atoms with E-state index >= 15 is 0 Å². The van der Waals surface area contributed by atoms with Gasteiger partial charge in [0.25, 0.3) is 5.91 Å². The molecule has 0 saturated carbocycles. The molecule has 6 nitrogen and oxygen atoms in total. The van der Waals surface area contributed by atoms with Crippen molar-refractivity contribution in [3.05, 3.63) is 18.0 Å². The zero-order chi connectivity index (χ0) is 11.3. The Morgan fingerprint density at radius 1 is 1.80 bits per heavy atom. The summed E-state index contributed by atoms with van der Waals surface area (Å²) in [5, 5.41) is 15.7. The minimum atomic E-state index is -0.671. The van der Waals surface area contributed by atoms with Crippen LogP contribution in [0.15, 0.2) is 12.4 Å². The molecule has 1 rings (SSSR count). The topological polar surface area (TPSA) is 78.5 Å². The summed E-state index contributed by atoms with van der Waals surface area (Å²) in [6, 6.07) is 0. The molecule has 1 amide bonds. The predicted octanol–water partition coefficient (Wildman–Crippen LogP) is -0.511. The lowest BCUT2D eigenvalue weighted by atomic mass is 10.3. The van der Waals surface area contributed by atoms with Crippen LogP contribution < -0.4 is 0 Å². The van der Waals surface area contributed by atoms with Gasteiger partial charge in [-0.2, -0.15) is 5.10 Å². The molecule has 1 unspecified atom stereocenters. The molecule has 0 spiro atoms. The fourth-order valence-electron chi connectivity index (χ4n) is 1.23. The Hall–Kier alpha value is -1.40. The van der Waals surface area contributed by atoms with Gasteiger partial charge >= 0.3 is 0 Å². The standard InChI is InChI=1S/C9H15N3O3/c1-12(5-8(13)6-15-2)9(14)7-3-10-11-4-7/h3-4,8,13H,5-6H2,1-2H3,(H,10,11). The fraction of sp³-hybridized carbons (Fsp3) is 0.556. The van der Waals surface area contributed by atoms with Crippen LogP contribution in [0.25, 0.3) is 0 Å². The quantitative estimate of drug-likeness (QED) is 0.690. The zero-order valence-electron chi connectivity index (χ0n) is 8.80. The zero-order valence-corrected chi connectivity index (χ0v) is 8.80. The second kappa shape index (κ2) is 5.47. The number of likely N-dealkylation sites (N-methyl/N-ethyl adjacent to an activating group) is 1. The van der Waals surface area contributed by atoms with Crippen LogP contribution in [0.3, 0.4) is 0 Å². The van der Waals surface area contributed by atoms with Crippen LogP contribution >= 0.6 is 0 Å². The highest BCUT2D eigenvalue weighted by atomic mass is 16.5. The summed E-state index contributed by atoms with van der Waals surface area (Å²) in [6.07, 6.45) is 2.29. The van der Waals surface area contributed by atoms with Crippen molar-refractivity contribution < 1.29 is 14.6 Å². The Kier molecular flexibility index (Phi) is 4.26. The van der Waals surface area contributed by atoms with Crippen molar-refractivity contribution >= 4 is 5.91 Å². The third-order valence-electron chi connectivity index (χ3n) is 1.94. The van der Waals surface area contributed by atoms with E-state index in [4.69, 9.17) is 4.74 Å². The lowest BCUT2D eigenvalue weighted by Crippen LogP contribution is -2.36. The van der Waals surface area contributed by atoms with Crippen molar-refractivity contribution in [1.29, 1.82) is 0 Å². The molecule has 0 aliphatic carbocycles. The number of carbonyl (C=O) groups excluding carboxylic acids is 1. The molecule has 0 aromatic carbocycles. The summed E-state index contributed by atoms with van der Waals surface area (Å²) in [7, 11) is 3.12. The lowest BCUT2D eigenvalue weighted by Gasteiger charge is -2.19. The maximum Gasteiger partial charge on any atom is 0.256 e. The number of carbonyl (C=O) groups is 1. The first kappa shape index (κ1) is 11.7. The van der Waals surface area contributed by atoms with E-state index in [1.165, 1.54) is 24.4 Å². The maximum absolute atomic E-state index is 11.7. The molecule has 6 heteroatoms. The summed E-state index contributed by atoms with van der Waals surface area (Å²) in [5.41, 5.74) is 0.474. The molecule has 15 heavy (non-hydrogen) atoms. The molecular weight excluding hydrogens is 198 g/mol. The molecule has 1 aromatic heterocycles. The summed E-state index contributed by atoms with van der Waals surface area (Å²) < 4.78 is 4.77. The second-order valence-corrected chi connectivity index (χ2v) is 3.28. The highest BCUT2D eigenvalue weighted by Crippen LogP contribution is 2.01. The summed E-state index contributed by atoms with van der Waals surface area (Å²) in [4.78, 5) is 13.1. The Morgan fingerprint density at radius 3 is 3.07 bits per heavy atom. The van der Waals surface area contributed by atoms with Gasteiger partial charge in [-0.15, -0.1) is 0 Å². The van der Waals surface area contributed by atoms with E-state index in [0.29, 0.717) is 5.56 Å². The van der Waals surface area contributed by atoms with Crippen LogP contribution in [0.5, 0.6) is 0 Å². The summed E-state index contributed by atoms with van der Waals surface area (Å²) in [6.45, 7) is 0.445. The van der Waals surface area contributed by atoms with Crippen molar-refractivity contribution in [2.45, 2.75) is 6.10 Å². The molecule has 0 bridgehead atoms. The van der Waals surface area contributed by atoms with Crippen LogP contribution in [0, 0.1) is 0 Å². The van der Waals surface area contributed by atoms with Crippen LogP contribution in [0.4, 0.5) is 0 Å². The first-order chi connectivity index (χ1) is 7.15. The van der Waals surface area contributed by atoms with E-state index < -0.39 is 6.10 Å². The number of nitrogens with one attached hydrogen (secondary N) is 1. The highest BCUT2D eigenvalue weighted by molar-refractivity contribution is 5.93. The van der Waals surface area contributed by atoms with Gasteiger partial charge in [-0.3, -0.25) is 9.89 Å². The minimum Gasteiger partial charge on any atom is -0.389 e. The molecular formula is C9H15N3O3. The van der Waals surface area contributed by atoms with Gasteiger partial charge in [-0.25, -0.2) is 0 Å². The molecule has 1 aromatic rings. The minimum absolute atomic E-state index is 0.182. The van der Waals surface area contributed by atoms with Crippen LogP contribution in [0.2, 0.25) is 0 Å². The van der Waals surface area contributed by atoms with Crippen molar-refractivity contribution in [1.82, 2.24) is 15.1 Å². The summed E-state index contributed by atoms with van der Waals surface area (Å²) in [5.74, 6) is -0.182. The molecule has 0 fully saturated rings. The van der Waals surface area contributed by atoms with E-state index in [2.05, 4.69) is 10.2 Å².